The van der Waals surface area contributed by atoms with Gasteiger partial charge >= 0.3 is 12.1 Å². The Morgan fingerprint density at radius 2 is 1.85 bits per heavy atom. The average Bonchev–Trinajstić information content (AvgIpc) is 2.47. The first kappa shape index (κ1) is 21.6. The molecule has 1 rings (SSSR count). The number of ether oxygens (including phenoxy) is 3. The molecule has 1 unspecified atom stereocenters. The van der Waals surface area contributed by atoms with Gasteiger partial charge in [0.15, 0.2) is 11.5 Å². The lowest BCUT2D eigenvalue weighted by Gasteiger charge is -2.22. The highest BCUT2D eigenvalue weighted by atomic mass is 16.6. The second-order valence-corrected chi connectivity index (χ2v) is 7.12. The van der Waals surface area contributed by atoms with Gasteiger partial charge in [-0.2, -0.15) is 0 Å². The second-order valence-electron chi connectivity index (χ2n) is 7.12. The van der Waals surface area contributed by atoms with Crippen LogP contribution in [0.15, 0.2) is 18.2 Å². The van der Waals surface area contributed by atoms with E-state index in [2.05, 4.69) is 5.32 Å². The summed E-state index contributed by atoms with van der Waals surface area (Å²) in [5.74, 6) is -0.00555. The molecule has 0 fully saturated rings. The molecule has 146 valence electrons. The molecule has 0 aliphatic carbocycles. The SMILES string of the molecule is CCOc1cc(CC(NC(=O)OC(C)(C)C)C(=O)O)ccc1OC(C)C. The van der Waals surface area contributed by atoms with Gasteiger partial charge in [-0.15, -0.1) is 0 Å². The maximum Gasteiger partial charge on any atom is 0.408 e. The number of hydrogen-bond acceptors (Lipinski definition) is 5. The molecule has 0 bridgehead atoms. The van der Waals surface area contributed by atoms with Crippen LogP contribution in [0.5, 0.6) is 11.5 Å². The molecule has 0 saturated heterocycles. The minimum Gasteiger partial charge on any atom is -0.490 e. The van der Waals surface area contributed by atoms with E-state index >= 15 is 0 Å². The molecule has 0 spiro atoms. The van der Waals surface area contributed by atoms with Crippen molar-refractivity contribution < 1.29 is 28.9 Å². The summed E-state index contributed by atoms with van der Waals surface area (Å²) in [5.41, 5.74) is -0.00140. The van der Waals surface area contributed by atoms with Crippen molar-refractivity contribution in [1.82, 2.24) is 5.32 Å². The summed E-state index contributed by atoms with van der Waals surface area (Å²) in [6, 6.07) is 4.12. The Bertz CT molecular complexity index is 621. The summed E-state index contributed by atoms with van der Waals surface area (Å²) in [6.07, 6.45) is -0.688. The number of rotatable bonds is 8. The number of alkyl carbamates (subject to hydrolysis) is 1. The molecule has 0 saturated carbocycles. The largest absolute Gasteiger partial charge is 0.490 e. The summed E-state index contributed by atoms with van der Waals surface area (Å²) in [4.78, 5) is 23.4. The monoisotopic (exact) mass is 367 g/mol. The van der Waals surface area contributed by atoms with Crippen LogP contribution in [0.3, 0.4) is 0 Å². The Labute approximate surface area is 154 Å². The topological polar surface area (TPSA) is 94.1 Å². The third-order valence-corrected chi connectivity index (χ3v) is 3.10. The second kappa shape index (κ2) is 9.31. The molecule has 0 radical (unpaired) electrons. The van der Waals surface area contributed by atoms with E-state index in [4.69, 9.17) is 14.2 Å². The molecule has 0 aliphatic rings. The Morgan fingerprint density at radius 3 is 2.35 bits per heavy atom. The molecule has 1 aromatic carbocycles. The summed E-state index contributed by atoms with van der Waals surface area (Å²) in [6.45, 7) is 11.3. The molecule has 0 aliphatic heterocycles. The molecule has 0 heterocycles. The van der Waals surface area contributed by atoms with Crippen molar-refractivity contribution in [1.29, 1.82) is 0 Å². The summed E-state index contributed by atoms with van der Waals surface area (Å²) >= 11 is 0. The zero-order chi connectivity index (χ0) is 19.9. The van der Waals surface area contributed by atoms with Crippen LogP contribution in [0.2, 0.25) is 0 Å². The van der Waals surface area contributed by atoms with E-state index in [0.29, 0.717) is 23.7 Å². The standard InChI is InChI=1S/C19H29NO6/c1-7-24-16-11-13(8-9-15(16)25-12(2)3)10-14(17(21)22)20-18(23)26-19(4,5)6/h8-9,11-12,14H,7,10H2,1-6H3,(H,20,23)(H,21,22). The van der Waals surface area contributed by atoms with Crippen LogP contribution >= 0.6 is 0 Å². The van der Waals surface area contributed by atoms with E-state index in [1.165, 1.54) is 0 Å². The predicted molar refractivity (Wildman–Crippen MR) is 97.9 cm³/mol. The van der Waals surface area contributed by atoms with Crippen molar-refractivity contribution in [3.05, 3.63) is 23.8 Å². The van der Waals surface area contributed by atoms with Gasteiger partial charge in [0.2, 0.25) is 0 Å². The third-order valence-electron chi connectivity index (χ3n) is 3.10. The van der Waals surface area contributed by atoms with Crippen molar-refractivity contribution in [2.24, 2.45) is 0 Å². The zero-order valence-corrected chi connectivity index (χ0v) is 16.3. The first-order valence-corrected chi connectivity index (χ1v) is 8.66. The highest BCUT2D eigenvalue weighted by Gasteiger charge is 2.24. The van der Waals surface area contributed by atoms with E-state index < -0.39 is 23.7 Å². The molecular formula is C19H29NO6. The molecule has 1 amide bonds. The first-order chi connectivity index (χ1) is 12.0. The van der Waals surface area contributed by atoms with Gasteiger partial charge in [0.25, 0.3) is 0 Å². The van der Waals surface area contributed by atoms with Crippen LogP contribution in [0.1, 0.15) is 47.1 Å². The number of benzene rings is 1. The first-order valence-electron chi connectivity index (χ1n) is 8.66. The molecule has 7 nitrogen and oxygen atoms in total. The van der Waals surface area contributed by atoms with Gasteiger partial charge in [-0.3, -0.25) is 0 Å². The molecule has 26 heavy (non-hydrogen) atoms. The Morgan fingerprint density at radius 1 is 1.19 bits per heavy atom. The van der Waals surface area contributed by atoms with Crippen LogP contribution in [-0.4, -0.2) is 41.5 Å². The minimum atomic E-state index is -1.14. The van der Waals surface area contributed by atoms with Crippen LogP contribution < -0.4 is 14.8 Å². The highest BCUT2D eigenvalue weighted by Crippen LogP contribution is 2.30. The lowest BCUT2D eigenvalue weighted by Crippen LogP contribution is -2.44. The van der Waals surface area contributed by atoms with Gasteiger partial charge in [-0.25, -0.2) is 9.59 Å². The van der Waals surface area contributed by atoms with Crippen LogP contribution in [0, 0.1) is 0 Å². The third kappa shape index (κ3) is 7.63. The zero-order valence-electron chi connectivity index (χ0n) is 16.3. The number of carbonyl (C=O) groups is 2. The lowest BCUT2D eigenvalue weighted by atomic mass is 10.1. The minimum absolute atomic E-state index is 0.0133. The van der Waals surface area contributed by atoms with Crippen molar-refractivity contribution in [2.45, 2.75) is 65.7 Å². The fourth-order valence-electron chi connectivity index (χ4n) is 2.18. The van der Waals surface area contributed by atoms with E-state index in [-0.39, 0.29) is 12.5 Å². The smallest absolute Gasteiger partial charge is 0.408 e. The Hall–Kier alpha value is -2.44. The molecule has 2 N–H and O–H groups in total. The summed E-state index contributed by atoms with van der Waals surface area (Å²) in [7, 11) is 0. The summed E-state index contributed by atoms with van der Waals surface area (Å²) in [5, 5.41) is 11.8. The van der Waals surface area contributed by atoms with Crippen LogP contribution in [-0.2, 0) is 16.0 Å². The van der Waals surface area contributed by atoms with Crippen molar-refractivity contribution in [3.8, 4) is 11.5 Å². The van der Waals surface area contributed by atoms with E-state index in [0.717, 1.165) is 0 Å². The maximum atomic E-state index is 11.9. The summed E-state index contributed by atoms with van der Waals surface area (Å²) < 4.78 is 16.4. The highest BCUT2D eigenvalue weighted by molar-refractivity contribution is 5.80. The maximum absolute atomic E-state index is 11.9. The number of aliphatic carboxylic acids is 1. The normalized spacial score (nSPS) is 12.4. The van der Waals surface area contributed by atoms with Crippen LogP contribution in [0.4, 0.5) is 4.79 Å². The predicted octanol–water partition coefficient (Wildman–Crippen LogP) is 3.39. The average molecular weight is 367 g/mol. The van der Waals surface area contributed by atoms with Gasteiger partial charge in [0.1, 0.15) is 11.6 Å². The number of hydrogen-bond donors (Lipinski definition) is 2. The lowest BCUT2D eigenvalue weighted by molar-refractivity contribution is -0.139. The van der Waals surface area contributed by atoms with Gasteiger partial charge < -0.3 is 24.6 Å². The number of amides is 1. The van der Waals surface area contributed by atoms with Gasteiger partial charge in [-0.05, 0) is 59.2 Å². The number of carboxylic acid groups (broad SMARTS) is 1. The Balaban J connectivity index is 2.92. The quantitative estimate of drug-likeness (QED) is 0.731. The van der Waals surface area contributed by atoms with Gasteiger partial charge in [0.05, 0.1) is 12.7 Å². The fourth-order valence-corrected chi connectivity index (χ4v) is 2.18. The number of carbonyl (C=O) groups excluding carboxylic acids is 1. The Kier molecular flexibility index (Phi) is 7.74. The molecule has 1 atom stereocenters. The van der Waals surface area contributed by atoms with Crippen LogP contribution in [0.25, 0.3) is 0 Å². The molecule has 1 aromatic rings. The van der Waals surface area contributed by atoms with E-state index in [1.807, 2.05) is 20.8 Å². The van der Waals surface area contributed by atoms with Crippen molar-refractivity contribution >= 4 is 12.1 Å². The fraction of sp³-hybridized carbons (Fsp3) is 0.579. The van der Waals surface area contributed by atoms with Gasteiger partial charge in [-0.1, -0.05) is 6.07 Å². The molecule has 7 heteroatoms. The molecule has 0 aromatic heterocycles. The number of nitrogens with one attached hydrogen (secondary N) is 1. The van der Waals surface area contributed by atoms with Crippen molar-refractivity contribution in [3.63, 3.8) is 0 Å². The van der Waals surface area contributed by atoms with E-state index in [1.54, 1.807) is 39.0 Å². The molecular weight excluding hydrogens is 338 g/mol. The van der Waals surface area contributed by atoms with E-state index in [9.17, 15) is 14.7 Å². The number of carboxylic acids is 1. The van der Waals surface area contributed by atoms with Gasteiger partial charge in [0, 0.05) is 6.42 Å². The van der Waals surface area contributed by atoms with Crippen molar-refractivity contribution in [2.75, 3.05) is 6.61 Å².